The number of nitrogens with one attached hydrogen (secondary N) is 2. The van der Waals surface area contributed by atoms with E-state index in [1.807, 2.05) is 0 Å². The summed E-state index contributed by atoms with van der Waals surface area (Å²) in [6.45, 7) is 0. The van der Waals surface area contributed by atoms with Gasteiger partial charge in [-0.2, -0.15) is 0 Å². The van der Waals surface area contributed by atoms with Gasteiger partial charge in [0.1, 0.15) is 5.69 Å². The summed E-state index contributed by atoms with van der Waals surface area (Å²) < 4.78 is 0. The van der Waals surface area contributed by atoms with E-state index < -0.39 is 0 Å². The first-order valence-electron chi connectivity index (χ1n) is 5.37. The molecule has 1 heterocycles. The van der Waals surface area contributed by atoms with Crippen LogP contribution >= 0.6 is 11.6 Å². The van der Waals surface area contributed by atoms with Crippen LogP contribution in [0.1, 0.15) is 5.56 Å². The van der Waals surface area contributed by atoms with Gasteiger partial charge in [0.15, 0.2) is 0 Å². The number of rotatable bonds is 3. The lowest BCUT2D eigenvalue weighted by molar-refractivity contribution is -0.115. The Labute approximate surface area is 109 Å². The monoisotopic (exact) mass is 262 g/mol. The molecule has 92 valence electrons. The number of hydrogen-bond donors (Lipinski definition) is 2. The maximum absolute atomic E-state index is 11.7. The molecule has 2 N–H and O–H groups in total. The number of H-pyrrole nitrogens is 1. The molecular formula is C13H11ClN2O2. The van der Waals surface area contributed by atoms with Gasteiger partial charge in [0.05, 0.1) is 6.42 Å². The minimum absolute atomic E-state index is 0.200. The van der Waals surface area contributed by atoms with Gasteiger partial charge in [0.2, 0.25) is 5.91 Å². The Hall–Kier alpha value is -2.07. The van der Waals surface area contributed by atoms with Crippen molar-refractivity contribution in [2.24, 2.45) is 0 Å². The molecule has 0 unspecified atom stereocenters. The molecule has 0 aliphatic carbocycles. The molecule has 2 rings (SSSR count). The summed E-state index contributed by atoms with van der Waals surface area (Å²) in [5, 5.41) is 3.18. The van der Waals surface area contributed by atoms with Crippen molar-refractivity contribution in [1.29, 1.82) is 0 Å². The molecule has 0 saturated heterocycles. The number of carbonyl (C=O) groups excluding carboxylic acids is 1. The van der Waals surface area contributed by atoms with E-state index in [9.17, 15) is 9.59 Å². The Kier molecular flexibility index (Phi) is 3.79. The normalized spacial score (nSPS) is 10.1. The number of halogens is 1. The molecule has 18 heavy (non-hydrogen) atoms. The van der Waals surface area contributed by atoms with Crippen molar-refractivity contribution in [2.75, 3.05) is 5.32 Å². The van der Waals surface area contributed by atoms with E-state index in [1.165, 1.54) is 6.20 Å². The molecule has 1 amide bonds. The average Bonchev–Trinajstić information content (AvgIpc) is 2.35. The summed E-state index contributed by atoms with van der Waals surface area (Å²) >= 11 is 5.75. The van der Waals surface area contributed by atoms with E-state index in [0.717, 1.165) is 5.56 Å². The summed E-state index contributed by atoms with van der Waals surface area (Å²) in [7, 11) is 0. The van der Waals surface area contributed by atoms with Crippen LogP contribution in [0.3, 0.4) is 0 Å². The van der Waals surface area contributed by atoms with Crippen LogP contribution in [-0.2, 0) is 11.2 Å². The summed E-state index contributed by atoms with van der Waals surface area (Å²) in [6, 6.07) is 10.2. The minimum Gasteiger partial charge on any atom is -0.327 e. The molecule has 1 aromatic heterocycles. The number of pyridine rings is 1. The highest BCUT2D eigenvalue weighted by atomic mass is 35.5. The van der Waals surface area contributed by atoms with Crippen LogP contribution in [0.15, 0.2) is 47.4 Å². The Morgan fingerprint density at radius 1 is 1.22 bits per heavy atom. The Bertz CT molecular complexity index is 605. The summed E-state index contributed by atoms with van der Waals surface area (Å²) in [5.74, 6) is -0.242. The van der Waals surface area contributed by atoms with E-state index in [-0.39, 0.29) is 23.6 Å². The molecule has 0 atom stereocenters. The molecular weight excluding hydrogens is 252 g/mol. The lowest BCUT2D eigenvalue weighted by Crippen LogP contribution is -2.20. The zero-order valence-electron chi connectivity index (χ0n) is 9.44. The second-order valence-electron chi connectivity index (χ2n) is 3.76. The minimum atomic E-state index is -0.318. The first-order chi connectivity index (χ1) is 8.65. The van der Waals surface area contributed by atoms with Crippen molar-refractivity contribution >= 4 is 23.2 Å². The van der Waals surface area contributed by atoms with Crippen LogP contribution in [0.25, 0.3) is 0 Å². The summed E-state index contributed by atoms with van der Waals surface area (Å²) in [5.41, 5.74) is 0.766. The molecule has 0 radical (unpaired) electrons. The van der Waals surface area contributed by atoms with Gasteiger partial charge in [-0.15, -0.1) is 0 Å². The first kappa shape index (κ1) is 12.4. The first-order valence-corrected chi connectivity index (χ1v) is 5.75. The predicted molar refractivity (Wildman–Crippen MR) is 70.8 cm³/mol. The van der Waals surface area contributed by atoms with Crippen molar-refractivity contribution in [3.8, 4) is 0 Å². The number of anilines is 1. The second kappa shape index (κ2) is 5.51. The van der Waals surface area contributed by atoms with Crippen LogP contribution in [-0.4, -0.2) is 10.9 Å². The van der Waals surface area contributed by atoms with Gasteiger partial charge in [-0.25, -0.2) is 0 Å². The standard InChI is InChI=1S/C13H11ClN2O2/c14-10-5-3-9(4-6-10)8-12(17)16-11-2-1-7-15-13(11)18/h1-7H,8H2,(H,15,18)(H,16,17). The zero-order valence-corrected chi connectivity index (χ0v) is 10.2. The Morgan fingerprint density at radius 3 is 2.61 bits per heavy atom. The van der Waals surface area contributed by atoms with E-state index in [1.54, 1.807) is 36.4 Å². The van der Waals surface area contributed by atoms with Gasteiger partial charge >= 0.3 is 0 Å². The zero-order chi connectivity index (χ0) is 13.0. The number of aromatic nitrogens is 1. The van der Waals surface area contributed by atoms with E-state index >= 15 is 0 Å². The molecule has 5 heteroatoms. The Morgan fingerprint density at radius 2 is 1.94 bits per heavy atom. The highest BCUT2D eigenvalue weighted by molar-refractivity contribution is 6.30. The molecule has 0 bridgehead atoms. The van der Waals surface area contributed by atoms with Gasteiger partial charge in [-0.1, -0.05) is 23.7 Å². The topological polar surface area (TPSA) is 62.0 Å². The molecule has 1 aromatic carbocycles. The van der Waals surface area contributed by atoms with Crippen molar-refractivity contribution in [3.63, 3.8) is 0 Å². The van der Waals surface area contributed by atoms with Crippen LogP contribution < -0.4 is 10.9 Å². The van der Waals surface area contributed by atoms with Crippen molar-refractivity contribution in [2.45, 2.75) is 6.42 Å². The molecule has 0 aliphatic heterocycles. The smallest absolute Gasteiger partial charge is 0.271 e. The van der Waals surface area contributed by atoms with Gasteiger partial charge in [0, 0.05) is 11.2 Å². The SMILES string of the molecule is O=C(Cc1ccc(Cl)cc1)Nc1ccc[nH]c1=O. The van der Waals surface area contributed by atoms with Crippen LogP contribution in [0.4, 0.5) is 5.69 Å². The van der Waals surface area contributed by atoms with E-state index in [2.05, 4.69) is 10.3 Å². The van der Waals surface area contributed by atoms with E-state index in [0.29, 0.717) is 5.02 Å². The fraction of sp³-hybridized carbons (Fsp3) is 0.0769. The highest BCUT2D eigenvalue weighted by Crippen LogP contribution is 2.10. The van der Waals surface area contributed by atoms with Crippen molar-refractivity contribution < 1.29 is 4.79 Å². The molecule has 0 fully saturated rings. The number of hydrogen-bond acceptors (Lipinski definition) is 2. The number of amides is 1. The fourth-order valence-electron chi connectivity index (χ4n) is 1.50. The molecule has 0 aliphatic rings. The fourth-order valence-corrected chi connectivity index (χ4v) is 1.63. The third-order valence-electron chi connectivity index (χ3n) is 2.37. The third kappa shape index (κ3) is 3.21. The molecule has 0 saturated carbocycles. The highest BCUT2D eigenvalue weighted by Gasteiger charge is 2.06. The van der Waals surface area contributed by atoms with E-state index in [4.69, 9.17) is 11.6 Å². The molecule has 4 nitrogen and oxygen atoms in total. The number of carbonyl (C=O) groups is 1. The van der Waals surface area contributed by atoms with Crippen LogP contribution in [0.2, 0.25) is 5.02 Å². The third-order valence-corrected chi connectivity index (χ3v) is 2.62. The van der Waals surface area contributed by atoms with Gasteiger partial charge in [-0.3, -0.25) is 9.59 Å². The molecule has 0 spiro atoms. The van der Waals surface area contributed by atoms with Gasteiger partial charge in [-0.05, 0) is 29.8 Å². The largest absolute Gasteiger partial charge is 0.327 e. The molecule has 2 aromatic rings. The quantitative estimate of drug-likeness (QED) is 0.891. The van der Waals surface area contributed by atoms with Crippen molar-refractivity contribution in [1.82, 2.24) is 4.98 Å². The predicted octanol–water partition coefficient (Wildman–Crippen LogP) is 2.21. The van der Waals surface area contributed by atoms with Gasteiger partial charge in [0.25, 0.3) is 5.56 Å². The maximum Gasteiger partial charge on any atom is 0.271 e. The lowest BCUT2D eigenvalue weighted by Gasteiger charge is -2.04. The summed E-state index contributed by atoms with van der Waals surface area (Å²) in [4.78, 5) is 25.6. The van der Waals surface area contributed by atoms with Crippen LogP contribution in [0.5, 0.6) is 0 Å². The number of aromatic amines is 1. The lowest BCUT2D eigenvalue weighted by atomic mass is 10.1. The second-order valence-corrected chi connectivity index (χ2v) is 4.20. The number of benzene rings is 1. The van der Waals surface area contributed by atoms with Gasteiger partial charge < -0.3 is 10.3 Å². The Balaban J connectivity index is 2.03. The van der Waals surface area contributed by atoms with Crippen LogP contribution in [0, 0.1) is 0 Å². The average molecular weight is 263 g/mol. The maximum atomic E-state index is 11.7. The summed E-state index contributed by atoms with van der Waals surface area (Å²) in [6.07, 6.45) is 1.71. The van der Waals surface area contributed by atoms with Crippen molar-refractivity contribution in [3.05, 3.63) is 63.5 Å².